The second kappa shape index (κ2) is 11.8. The van der Waals surface area contributed by atoms with Crippen LogP contribution < -0.4 is 0 Å². The van der Waals surface area contributed by atoms with Crippen LogP contribution in [0.25, 0.3) is 0 Å². The van der Waals surface area contributed by atoms with E-state index >= 15 is 0 Å². The third kappa shape index (κ3) is 6.78. The number of rotatable bonds is 14. The van der Waals surface area contributed by atoms with Gasteiger partial charge in [0.1, 0.15) is 12.2 Å². The quantitative estimate of drug-likeness (QED) is 0.301. The van der Waals surface area contributed by atoms with Gasteiger partial charge < -0.3 is 24.1 Å². The average molecular weight is 501 g/mol. The lowest BCUT2D eigenvalue weighted by atomic mass is 9.85. The predicted molar refractivity (Wildman–Crippen MR) is 127 cm³/mol. The van der Waals surface area contributed by atoms with Gasteiger partial charge in [0.15, 0.2) is 11.6 Å². The molecule has 3 rings (SSSR count). The lowest BCUT2D eigenvalue weighted by Gasteiger charge is -2.42. The zero-order valence-electron chi connectivity index (χ0n) is 20.7. The van der Waals surface area contributed by atoms with Gasteiger partial charge in [0, 0.05) is 12.8 Å². The molecule has 0 radical (unpaired) electrons. The first kappa shape index (κ1) is 27.5. The summed E-state index contributed by atoms with van der Waals surface area (Å²) < 4.78 is 54.4. The molecule has 34 heavy (non-hydrogen) atoms. The monoisotopic (exact) mass is 500 g/mol. The summed E-state index contributed by atoms with van der Waals surface area (Å²) in [6.45, 7) is 6.95. The van der Waals surface area contributed by atoms with Crippen LogP contribution in [-0.4, -0.2) is 63.7 Å². The molecule has 194 valence electrons. The first-order valence-electron chi connectivity index (χ1n) is 12.4. The van der Waals surface area contributed by atoms with Crippen LogP contribution in [-0.2, 0) is 33.2 Å². The summed E-state index contributed by atoms with van der Waals surface area (Å²) in [6.07, 6.45) is 6.48. The standard InChI is InChI=1S/C25H40O8S/c1-4-5-6-7-8-13-23(3,26)25(31-18-19-32-25)15-14-24(29-16-17-30-24)20-33-34(27,28)22-11-9-21(2)10-12-22/h9-12,26H,4-8,13-20H2,1-3H3. The molecule has 9 heteroatoms. The number of ether oxygens (including phenoxy) is 4. The molecule has 2 aliphatic rings. The highest BCUT2D eigenvalue weighted by Gasteiger charge is 2.53. The first-order chi connectivity index (χ1) is 16.1. The lowest BCUT2D eigenvalue weighted by molar-refractivity contribution is -0.281. The number of hydrogen-bond acceptors (Lipinski definition) is 8. The molecule has 1 unspecified atom stereocenters. The van der Waals surface area contributed by atoms with Crippen molar-refractivity contribution in [1.29, 1.82) is 0 Å². The molecular weight excluding hydrogens is 460 g/mol. The molecular formula is C25H40O8S. The van der Waals surface area contributed by atoms with Crippen molar-refractivity contribution in [3.63, 3.8) is 0 Å². The van der Waals surface area contributed by atoms with Crippen molar-refractivity contribution in [1.82, 2.24) is 0 Å². The lowest BCUT2D eigenvalue weighted by Crippen LogP contribution is -2.54. The molecule has 1 aromatic carbocycles. The number of aliphatic hydroxyl groups is 1. The Bertz CT molecular complexity index is 853. The van der Waals surface area contributed by atoms with Gasteiger partial charge in [-0.2, -0.15) is 8.42 Å². The van der Waals surface area contributed by atoms with Gasteiger partial charge in [-0.1, -0.05) is 56.7 Å². The van der Waals surface area contributed by atoms with Gasteiger partial charge in [-0.15, -0.1) is 0 Å². The summed E-state index contributed by atoms with van der Waals surface area (Å²) in [5.74, 6) is -2.45. The minimum Gasteiger partial charge on any atom is -0.385 e. The molecule has 0 spiro atoms. The first-order valence-corrected chi connectivity index (χ1v) is 13.8. The summed E-state index contributed by atoms with van der Waals surface area (Å²) in [6, 6.07) is 6.47. The zero-order chi connectivity index (χ0) is 24.7. The third-order valence-electron chi connectivity index (χ3n) is 6.73. The zero-order valence-corrected chi connectivity index (χ0v) is 21.5. The van der Waals surface area contributed by atoms with Crippen molar-refractivity contribution in [3.05, 3.63) is 29.8 Å². The Balaban J connectivity index is 1.64. The van der Waals surface area contributed by atoms with Crippen LogP contribution in [0.4, 0.5) is 0 Å². The van der Waals surface area contributed by atoms with E-state index in [1.165, 1.54) is 18.6 Å². The van der Waals surface area contributed by atoms with Crippen LogP contribution in [0.2, 0.25) is 0 Å². The maximum absolute atomic E-state index is 12.7. The molecule has 1 aromatic rings. The number of aryl methyl sites for hydroxylation is 1. The van der Waals surface area contributed by atoms with E-state index in [0.717, 1.165) is 31.2 Å². The van der Waals surface area contributed by atoms with Gasteiger partial charge in [-0.05, 0) is 32.4 Å². The fourth-order valence-corrected chi connectivity index (χ4v) is 5.47. The van der Waals surface area contributed by atoms with E-state index in [1.807, 2.05) is 6.92 Å². The number of hydrogen-bond donors (Lipinski definition) is 1. The molecule has 2 heterocycles. The van der Waals surface area contributed by atoms with Crippen LogP contribution in [0.15, 0.2) is 29.2 Å². The second-order valence-electron chi connectivity index (χ2n) is 9.52. The largest absolute Gasteiger partial charge is 0.385 e. The van der Waals surface area contributed by atoms with Crippen molar-refractivity contribution in [3.8, 4) is 0 Å². The smallest absolute Gasteiger partial charge is 0.297 e. The summed E-state index contributed by atoms with van der Waals surface area (Å²) in [5, 5.41) is 11.4. The van der Waals surface area contributed by atoms with Gasteiger partial charge in [0.25, 0.3) is 10.1 Å². The van der Waals surface area contributed by atoms with Crippen LogP contribution in [0.5, 0.6) is 0 Å². The van der Waals surface area contributed by atoms with E-state index in [4.69, 9.17) is 23.1 Å². The minimum absolute atomic E-state index is 0.0798. The average Bonchev–Trinajstić information content (AvgIpc) is 3.48. The van der Waals surface area contributed by atoms with Gasteiger partial charge in [0.2, 0.25) is 0 Å². The van der Waals surface area contributed by atoms with Crippen LogP contribution in [0.3, 0.4) is 0 Å². The molecule has 2 aliphatic heterocycles. The van der Waals surface area contributed by atoms with E-state index in [2.05, 4.69) is 6.92 Å². The normalized spacial score (nSPS) is 21.5. The highest BCUT2D eigenvalue weighted by molar-refractivity contribution is 7.86. The Hall–Kier alpha value is -1.07. The molecule has 8 nitrogen and oxygen atoms in total. The Morgan fingerprint density at radius 1 is 0.941 bits per heavy atom. The van der Waals surface area contributed by atoms with Gasteiger partial charge in [-0.25, -0.2) is 0 Å². The van der Waals surface area contributed by atoms with Gasteiger partial charge in [-0.3, -0.25) is 4.18 Å². The Kier molecular flexibility index (Phi) is 9.53. The molecule has 0 bridgehead atoms. The second-order valence-corrected chi connectivity index (χ2v) is 11.1. The van der Waals surface area contributed by atoms with Gasteiger partial charge >= 0.3 is 0 Å². The Morgan fingerprint density at radius 3 is 2.15 bits per heavy atom. The number of unbranched alkanes of at least 4 members (excludes halogenated alkanes) is 4. The molecule has 1 atom stereocenters. The topological polar surface area (TPSA) is 101 Å². The molecule has 0 aliphatic carbocycles. The van der Waals surface area contributed by atoms with Crippen molar-refractivity contribution >= 4 is 10.1 Å². The summed E-state index contributed by atoms with van der Waals surface area (Å²) >= 11 is 0. The molecule has 0 aromatic heterocycles. The van der Waals surface area contributed by atoms with Crippen molar-refractivity contribution < 1.29 is 36.7 Å². The van der Waals surface area contributed by atoms with Gasteiger partial charge in [0.05, 0.1) is 31.3 Å². The van der Waals surface area contributed by atoms with Crippen molar-refractivity contribution in [2.45, 2.75) is 94.2 Å². The fraction of sp³-hybridized carbons (Fsp3) is 0.760. The molecule has 0 amide bonds. The van der Waals surface area contributed by atoms with E-state index in [1.54, 1.807) is 19.1 Å². The number of benzene rings is 1. The maximum Gasteiger partial charge on any atom is 0.297 e. The summed E-state index contributed by atoms with van der Waals surface area (Å²) in [7, 11) is -3.98. The summed E-state index contributed by atoms with van der Waals surface area (Å²) in [5.41, 5.74) is -0.248. The maximum atomic E-state index is 12.7. The Morgan fingerprint density at radius 2 is 1.53 bits per heavy atom. The third-order valence-corrected chi connectivity index (χ3v) is 8.01. The van der Waals surface area contributed by atoms with Crippen LogP contribution in [0, 0.1) is 6.92 Å². The van der Waals surface area contributed by atoms with Crippen molar-refractivity contribution in [2.24, 2.45) is 0 Å². The molecule has 2 saturated heterocycles. The SMILES string of the molecule is CCCCCCCC(C)(O)C1(CCC2(COS(=O)(=O)c3ccc(C)cc3)OCCO2)OCCO1. The Labute approximate surface area is 204 Å². The van der Waals surface area contributed by atoms with E-state index in [9.17, 15) is 13.5 Å². The molecule has 2 fully saturated rings. The highest BCUT2D eigenvalue weighted by Crippen LogP contribution is 2.42. The van der Waals surface area contributed by atoms with Crippen molar-refractivity contribution in [2.75, 3.05) is 33.0 Å². The molecule has 1 N–H and O–H groups in total. The van der Waals surface area contributed by atoms with Crippen LogP contribution >= 0.6 is 0 Å². The molecule has 0 saturated carbocycles. The minimum atomic E-state index is -3.98. The van der Waals surface area contributed by atoms with E-state index in [-0.39, 0.29) is 24.3 Å². The van der Waals surface area contributed by atoms with E-state index < -0.39 is 27.3 Å². The van der Waals surface area contributed by atoms with E-state index in [0.29, 0.717) is 32.8 Å². The van der Waals surface area contributed by atoms with Crippen LogP contribution in [0.1, 0.15) is 70.8 Å². The summed E-state index contributed by atoms with van der Waals surface area (Å²) in [4.78, 5) is 0.0798. The predicted octanol–water partition coefficient (Wildman–Crippen LogP) is 4.08. The fourth-order valence-electron chi connectivity index (χ4n) is 4.53. The highest BCUT2D eigenvalue weighted by atomic mass is 32.2.